The molecule has 1 aromatic carbocycles. The summed E-state index contributed by atoms with van der Waals surface area (Å²) >= 11 is 0. The number of likely N-dealkylation sites (tertiary alicyclic amines) is 1. The molecule has 1 N–H and O–H groups in total. The normalized spacial score (nSPS) is 34.7. The van der Waals surface area contributed by atoms with Gasteiger partial charge in [0.25, 0.3) is 0 Å². The zero-order valence-electron chi connectivity index (χ0n) is 23.7. The second-order valence-corrected chi connectivity index (χ2v) is 13.9. The minimum Gasteiger partial charge on any atom is -0.480 e. The monoisotopic (exact) mass is 532 g/mol. The van der Waals surface area contributed by atoms with Gasteiger partial charge in [-0.15, -0.1) is 0 Å². The highest BCUT2D eigenvalue weighted by Crippen LogP contribution is 2.47. The lowest BCUT2D eigenvalue weighted by Crippen LogP contribution is -2.58. The standard InChI is InChI=1S/C33H48N4O2/c38-33(39)22-35-14-12-23(13-15-35)19-32-34-30-10-3-4-11-31(30)37(32)29-20-26-8-5-9-27(21-29)36(26)28-17-24-6-1-2-7-25(16-24)18-28/h3-4,10-11,23-29H,1-2,5-9,12-22H2,(H,38,39)/t24-,25+,26-,27+,28-,29+. The fourth-order valence-corrected chi connectivity index (χ4v) is 9.75. The zero-order valence-corrected chi connectivity index (χ0v) is 23.7. The number of hydrogen-bond acceptors (Lipinski definition) is 4. The Labute approximate surface area is 234 Å². The Hall–Kier alpha value is -1.92. The van der Waals surface area contributed by atoms with Crippen LogP contribution in [0.4, 0.5) is 0 Å². The molecule has 0 unspecified atom stereocenters. The van der Waals surface area contributed by atoms with E-state index in [1.54, 1.807) is 0 Å². The maximum Gasteiger partial charge on any atom is 0.317 e. The number of para-hydroxylation sites is 2. The van der Waals surface area contributed by atoms with Crippen molar-refractivity contribution in [3.05, 3.63) is 30.1 Å². The molecule has 212 valence electrons. The number of aromatic nitrogens is 2. The van der Waals surface area contributed by atoms with Gasteiger partial charge in [-0.25, -0.2) is 4.98 Å². The molecule has 4 bridgehead atoms. The maximum absolute atomic E-state index is 11.2. The van der Waals surface area contributed by atoms with Crippen LogP contribution < -0.4 is 0 Å². The van der Waals surface area contributed by atoms with Gasteiger partial charge in [0.15, 0.2) is 0 Å². The third-order valence-corrected chi connectivity index (χ3v) is 11.4. The highest BCUT2D eigenvalue weighted by Gasteiger charge is 2.45. The predicted octanol–water partition coefficient (Wildman–Crippen LogP) is 6.29. The van der Waals surface area contributed by atoms with Crippen LogP contribution in [-0.2, 0) is 11.2 Å². The third kappa shape index (κ3) is 5.40. The van der Waals surface area contributed by atoms with Crippen LogP contribution in [0.1, 0.15) is 102 Å². The van der Waals surface area contributed by atoms with E-state index in [1.165, 1.54) is 88.4 Å². The second kappa shape index (κ2) is 11.2. The minimum absolute atomic E-state index is 0.176. The molecule has 2 saturated carbocycles. The SMILES string of the molecule is O=C(O)CN1CCC(Cc2nc3ccccc3n2[C@H]2C[C@H]3CCC[C@@H](C2)N3[C@@H]2C[C@@H]3CCCC[C@@H](C3)C2)CC1. The van der Waals surface area contributed by atoms with E-state index >= 15 is 0 Å². The topological polar surface area (TPSA) is 61.6 Å². The molecule has 5 fully saturated rings. The van der Waals surface area contributed by atoms with Gasteiger partial charge >= 0.3 is 5.97 Å². The Morgan fingerprint density at radius 2 is 1.49 bits per heavy atom. The highest BCUT2D eigenvalue weighted by atomic mass is 16.4. The first kappa shape index (κ1) is 26.0. The van der Waals surface area contributed by atoms with Crippen molar-refractivity contribution in [1.82, 2.24) is 19.4 Å². The molecule has 7 rings (SSSR count). The lowest BCUT2D eigenvalue weighted by molar-refractivity contribution is -0.138. The maximum atomic E-state index is 11.2. The molecule has 0 radical (unpaired) electrons. The Balaban J connectivity index is 1.11. The summed E-state index contributed by atoms with van der Waals surface area (Å²) in [6.45, 7) is 1.96. The number of carboxylic acid groups (broad SMARTS) is 1. The Morgan fingerprint density at radius 1 is 0.795 bits per heavy atom. The minimum atomic E-state index is -0.709. The van der Waals surface area contributed by atoms with E-state index < -0.39 is 5.97 Å². The number of piperidine rings is 3. The molecule has 4 heterocycles. The third-order valence-electron chi connectivity index (χ3n) is 11.4. The molecule has 3 aliphatic heterocycles. The lowest BCUT2D eigenvalue weighted by atomic mass is 9.73. The van der Waals surface area contributed by atoms with Crippen LogP contribution in [-0.4, -0.2) is 68.2 Å². The number of carbonyl (C=O) groups is 1. The fraction of sp³-hybridized carbons (Fsp3) is 0.758. The largest absolute Gasteiger partial charge is 0.480 e. The lowest BCUT2D eigenvalue weighted by Gasteiger charge is -2.54. The van der Waals surface area contributed by atoms with Crippen LogP contribution in [0.15, 0.2) is 24.3 Å². The van der Waals surface area contributed by atoms with E-state index in [0.717, 1.165) is 67.8 Å². The quantitative estimate of drug-likeness (QED) is 0.474. The molecule has 3 saturated heterocycles. The van der Waals surface area contributed by atoms with Crippen LogP contribution >= 0.6 is 0 Å². The molecule has 6 nitrogen and oxygen atoms in total. The highest BCUT2D eigenvalue weighted by molar-refractivity contribution is 5.76. The summed E-state index contributed by atoms with van der Waals surface area (Å²) in [6.07, 6.45) is 20.3. The van der Waals surface area contributed by atoms with E-state index in [-0.39, 0.29) is 6.54 Å². The van der Waals surface area contributed by atoms with Crippen LogP contribution in [0.5, 0.6) is 0 Å². The van der Waals surface area contributed by atoms with Gasteiger partial charge in [-0.2, -0.15) is 0 Å². The van der Waals surface area contributed by atoms with Crippen LogP contribution in [0, 0.1) is 17.8 Å². The molecular formula is C33H48N4O2. The molecule has 0 amide bonds. The number of aliphatic carboxylic acids is 1. The predicted molar refractivity (Wildman–Crippen MR) is 155 cm³/mol. The number of carboxylic acids is 1. The van der Waals surface area contributed by atoms with Crippen LogP contribution in [0.2, 0.25) is 0 Å². The Morgan fingerprint density at radius 3 is 2.18 bits per heavy atom. The average Bonchev–Trinajstić information content (AvgIpc) is 3.19. The average molecular weight is 533 g/mol. The van der Waals surface area contributed by atoms with Gasteiger partial charge in [0.2, 0.25) is 0 Å². The van der Waals surface area contributed by atoms with Crippen molar-refractivity contribution in [3.8, 4) is 0 Å². The molecule has 0 spiro atoms. The van der Waals surface area contributed by atoms with Crippen molar-refractivity contribution in [2.24, 2.45) is 17.8 Å². The van der Waals surface area contributed by atoms with Crippen LogP contribution in [0.3, 0.4) is 0 Å². The Kier molecular flexibility index (Phi) is 7.44. The molecule has 5 aliphatic rings. The molecule has 6 atom stereocenters. The fourth-order valence-electron chi connectivity index (χ4n) is 9.75. The number of imidazole rings is 1. The van der Waals surface area contributed by atoms with Gasteiger partial charge in [0.05, 0.1) is 17.6 Å². The number of rotatable bonds is 6. The van der Waals surface area contributed by atoms with Gasteiger partial charge in [-0.1, -0.05) is 44.2 Å². The van der Waals surface area contributed by atoms with E-state index in [0.29, 0.717) is 12.0 Å². The van der Waals surface area contributed by atoms with Crippen molar-refractivity contribution in [1.29, 1.82) is 0 Å². The van der Waals surface area contributed by atoms with Gasteiger partial charge < -0.3 is 9.67 Å². The summed E-state index contributed by atoms with van der Waals surface area (Å²) < 4.78 is 2.68. The van der Waals surface area contributed by atoms with Gasteiger partial charge in [-0.05, 0) is 101 Å². The van der Waals surface area contributed by atoms with Crippen LogP contribution in [0.25, 0.3) is 11.0 Å². The number of hydrogen-bond donors (Lipinski definition) is 1. The van der Waals surface area contributed by atoms with Gasteiger partial charge in [-0.3, -0.25) is 14.6 Å². The number of nitrogens with zero attached hydrogens (tertiary/aromatic N) is 4. The Bertz CT molecular complexity index is 1130. The summed E-state index contributed by atoms with van der Waals surface area (Å²) in [6, 6.07) is 11.7. The first-order chi connectivity index (χ1) is 19.1. The van der Waals surface area contributed by atoms with E-state index in [9.17, 15) is 9.90 Å². The second-order valence-electron chi connectivity index (χ2n) is 13.9. The van der Waals surface area contributed by atoms with Crippen molar-refractivity contribution in [3.63, 3.8) is 0 Å². The molecular weight excluding hydrogens is 484 g/mol. The molecule has 2 aliphatic carbocycles. The smallest absolute Gasteiger partial charge is 0.317 e. The van der Waals surface area contributed by atoms with E-state index in [2.05, 4.69) is 38.6 Å². The molecule has 39 heavy (non-hydrogen) atoms. The molecule has 2 aromatic rings. The summed E-state index contributed by atoms with van der Waals surface area (Å²) in [5.41, 5.74) is 2.48. The van der Waals surface area contributed by atoms with E-state index in [1.807, 2.05) is 0 Å². The summed E-state index contributed by atoms with van der Waals surface area (Å²) in [4.78, 5) is 21.6. The van der Waals surface area contributed by atoms with Crippen molar-refractivity contribution in [2.75, 3.05) is 19.6 Å². The summed E-state index contributed by atoms with van der Waals surface area (Å²) in [5, 5.41) is 9.19. The molecule has 1 aromatic heterocycles. The zero-order chi connectivity index (χ0) is 26.3. The van der Waals surface area contributed by atoms with E-state index in [4.69, 9.17) is 4.98 Å². The van der Waals surface area contributed by atoms with Gasteiger partial charge in [0.1, 0.15) is 5.82 Å². The van der Waals surface area contributed by atoms with Gasteiger partial charge in [0, 0.05) is 30.6 Å². The summed E-state index contributed by atoms with van der Waals surface area (Å²) in [7, 11) is 0. The van der Waals surface area contributed by atoms with Crippen molar-refractivity contribution in [2.45, 2.75) is 120 Å². The first-order valence-electron chi connectivity index (χ1n) is 16.3. The number of fused-ring (bicyclic) bond motifs is 5. The molecule has 6 heteroatoms. The van der Waals surface area contributed by atoms with Crippen molar-refractivity contribution >= 4 is 17.0 Å². The first-order valence-corrected chi connectivity index (χ1v) is 16.3. The summed E-state index contributed by atoms with van der Waals surface area (Å²) in [5.74, 6) is 3.14. The number of benzene rings is 1. The van der Waals surface area contributed by atoms with Crippen molar-refractivity contribution < 1.29 is 9.90 Å².